The number of hydrogen-bond donors (Lipinski definition) is 2. The number of benzene rings is 3. The number of halogens is 1. The number of carboxylic acids is 1. The zero-order chi connectivity index (χ0) is 24.3. The third kappa shape index (κ3) is 3.55. The Balaban J connectivity index is 1.48. The van der Waals surface area contributed by atoms with Crippen molar-refractivity contribution in [1.29, 1.82) is 0 Å². The second-order valence-corrected chi connectivity index (χ2v) is 9.72. The molecular formula is C29H22ClNO4. The summed E-state index contributed by atoms with van der Waals surface area (Å²) >= 11 is 6.03. The lowest BCUT2D eigenvalue weighted by Crippen LogP contribution is -2.29. The molecule has 5 nitrogen and oxygen atoms in total. The second kappa shape index (κ2) is 8.14. The number of fused-ring (bicyclic) bond motifs is 4. The van der Waals surface area contributed by atoms with Crippen LogP contribution in [0.4, 0.5) is 5.69 Å². The SMILES string of the molecule is C[C@@H]1CC(=O)C2=C(C1)c1c(ccc3ccccc13)N[C@@H]2c1ccc(-c2ccc(Cl)c(C(=O)O)c2)o1. The fraction of sp³-hybridized carbons (Fsp3) is 0.172. The van der Waals surface area contributed by atoms with Gasteiger partial charge in [0.25, 0.3) is 0 Å². The van der Waals surface area contributed by atoms with Gasteiger partial charge in [-0.2, -0.15) is 0 Å². The van der Waals surface area contributed by atoms with Gasteiger partial charge >= 0.3 is 5.97 Å². The molecule has 0 spiro atoms. The lowest BCUT2D eigenvalue weighted by atomic mass is 9.74. The molecule has 0 saturated carbocycles. The molecule has 0 saturated heterocycles. The molecule has 3 aromatic carbocycles. The third-order valence-electron chi connectivity index (χ3n) is 6.92. The molecule has 174 valence electrons. The maximum atomic E-state index is 13.4. The molecule has 1 aliphatic carbocycles. The Morgan fingerprint density at radius 1 is 1.06 bits per heavy atom. The fourth-order valence-corrected chi connectivity index (χ4v) is 5.56. The third-order valence-corrected chi connectivity index (χ3v) is 7.25. The average molecular weight is 484 g/mol. The summed E-state index contributed by atoms with van der Waals surface area (Å²) in [5, 5.41) is 15.4. The summed E-state index contributed by atoms with van der Waals surface area (Å²) in [4.78, 5) is 24.9. The summed E-state index contributed by atoms with van der Waals surface area (Å²) in [7, 11) is 0. The van der Waals surface area contributed by atoms with Crippen LogP contribution < -0.4 is 5.32 Å². The van der Waals surface area contributed by atoms with Gasteiger partial charge in [-0.15, -0.1) is 0 Å². The largest absolute Gasteiger partial charge is 0.478 e. The molecule has 2 aliphatic rings. The topological polar surface area (TPSA) is 79.5 Å². The minimum absolute atomic E-state index is 0.0140. The first-order valence-corrected chi connectivity index (χ1v) is 12.0. The maximum absolute atomic E-state index is 13.4. The Kier molecular flexibility index (Phi) is 5.04. The van der Waals surface area contributed by atoms with Crippen molar-refractivity contribution in [3.8, 4) is 11.3 Å². The van der Waals surface area contributed by atoms with Gasteiger partial charge in [0.1, 0.15) is 17.6 Å². The molecule has 1 aromatic heterocycles. The Morgan fingerprint density at radius 3 is 2.71 bits per heavy atom. The van der Waals surface area contributed by atoms with E-state index < -0.39 is 12.0 Å². The van der Waals surface area contributed by atoms with Crippen molar-refractivity contribution in [2.45, 2.75) is 25.8 Å². The summed E-state index contributed by atoms with van der Waals surface area (Å²) in [5.41, 5.74) is 4.55. The molecule has 1 aliphatic heterocycles. The minimum atomic E-state index is -1.10. The number of Topliss-reactive ketones (excluding diaryl/α,β-unsaturated/α-hetero) is 1. The van der Waals surface area contributed by atoms with E-state index in [-0.39, 0.29) is 22.3 Å². The van der Waals surface area contributed by atoms with E-state index in [1.165, 1.54) is 6.07 Å². The van der Waals surface area contributed by atoms with Crippen LogP contribution in [-0.2, 0) is 4.79 Å². The van der Waals surface area contributed by atoms with Crippen molar-refractivity contribution in [1.82, 2.24) is 0 Å². The number of rotatable bonds is 3. The van der Waals surface area contributed by atoms with Gasteiger partial charge in [0.05, 0.1) is 10.6 Å². The Bertz CT molecular complexity index is 1560. The van der Waals surface area contributed by atoms with Crippen molar-refractivity contribution in [3.05, 3.63) is 94.2 Å². The molecule has 2 N–H and O–H groups in total. The van der Waals surface area contributed by atoms with Crippen LogP contribution in [-0.4, -0.2) is 16.9 Å². The number of furan rings is 1. The molecule has 6 rings (SSSR count). The van der Waals surface area contributed by atoms with Gasteiger partial charge in [-0.25, -0.2) is 4.79 Å². The van der Waals surface area contributed by atoms with E-state index in [4.69, 9.17) is 16.0 Å². The second-order valence-electron chi connectivity index (χ2n) is 9.32. The number of carboxylic acid groups (broad SMARTS) is 1. The van der Waals surface area contributed by atoms with Crippen molar-refractivity contribution in [3.63, 3.8) is 0 Å². The van der Waals surface area contributed by atoms with Gasteiger partial charge < -0.3 is 14.8 Å². The number of hydrogen-bond acceptors (Lipinski definition) is 4. The highest BCUT2D eigenvalue weighted by Crippen LogP contribution is 2.49. The van der Waals surface area contributed by atoms with Gasteiger partial charge in [0.2, 0.25) is 0 Å². The number of anilines is 1. The first-order chi connectivity index (χ1) is 16.9. The summed E-state index contributed by atoms with van der Waals surface area (Å²) in [6, 6.07) is 20.4. The van der Waals surface area contributed by atoms with E-state index >= 15 is 0 Å². The molecular weight excluding hydrogens is 462 g/mol. The number of carbonyl (C=O) groups is 2. The van der Waals surface area contributed by atoms with Crippen molar-refractivity contribution >= 4 is 45.4 Å². The number of nitrogens with one attached hydrogen (secondary N) is 1. The predicted octanol–water partition coefficient (Wildman–Crippen LogP) is 7.37. The summed E-state index contributed by atoms with van der Waals surface area (Å²) in [5.74, 6) is 0.429. The molecule has 0 radical (unpaired) electrons. The van der Waals surface area contributed by atoms with E-state index in [0.29, 0.717) is 23.5 Å². The van der Waals surface area contributed by atoms with E-state index in [9.17, 15) is 14.7 Å². The molecule has 6 heteroatoms. The molecule has 0 amide bonds. The minimum Gasteiger partial charge on any atom is -0.478 e. The molecule has 2 heterocycles. The van der Waals surface area contributed by atoms with Crippen LogP contribution >= 0.6 is 11.6 Å². The highest BCUT2D eigenvalue weighted by atomic mass is 35.5. The van der Waals surface area contributed by atoms with Gasteiger partial charge in [-0.3, -0.25) is 4.79 Å². The summed E-state index contributed by atoms with van der Waals surface area (Å²) < 4.78 is 6.23. The lowest BCUT2D eigenvalue weighted by Gasteiger charge is -2.35. The normalized spacial score (nSPS) is 19.3. The Labute approximate surface area is 207 Å². The van der Waals surface area contributed by atoms with Crippen LogP contribution in [0.25, 0.3) is 27.7 Å². The van der Waals surface area contributed by atoms with Crippen LogP contribution in [0.5, 0.6) is 0 Å². The van der Waals surface area contributed by atoms with Crippen LogP contribution in [0.3, 0.4) is 0 Å². The molecule has 2 atom stereocenters. The van der Waals surface area contributed by atoms with Gasteiger partial charge in [-0.1, -0.05) is 48.9 Å². The Morgan fingerprint density at radius 2 is 1.89 bits per heavy atom. The molecule has 35 heavy (non-hydrogen) atoms. The van der Waals surface area contributed by atoms with Crippen LogP contribution in [0, 0.1) is 5.92 Å². The first kappa shape index (κ1) is 21.7. The lowest BCUT2D eigenvalue weighted by molar-refractivity contribution is -0.116. The zero-order valence-electron chi connectivity index (χ0n) is 19.0. The zero-order valence-corrected chi connectivity index (χ0v) is 19.7. The van der Waals surface area contributed by atoms with E-state index in [0.717, 1.165) is 39.6 Å². The molecule has 0 unspecified atom stereocenters. The van der Waals surface area contributed by atoms with Gasteiger partial charge in [0.15, 0.2) is 5.78 Å². The van der Waals surface area contributed by atoms with E-state index in [2.05, 4.69) is 36.5 Å². The number of allylic oxidation sites excluding steroid dienone is 1. The average Bonchev–Trinajstić information content (AvgIpc) is 3.33. The van der Waals surface area contributed by atoms with Crippen LogP contribution in [0.15, 0.2) is 76.7 Å². The summed E-state index contributed by atoms with van der Waals surface area (Å²) in [6.45, 7) is 2.12. The van der Waals surface area contributed by atoms with Crippen molar-refractivity contribution < 1.29 is 19.1 Å². The molecule has 0 fully saturated rings. The highest BCUT2D eigenvalue weighted by molar-refractivity contribution is 6.33. The van der Waals surface area contributed by atoms with Gasteiger partial charge in [-0.05, 0) is 65.1 Å². The highest BCUT2D eigenvalue weighted by Gasteiger charge is 2.38. The summed E-state index contributed by atoms with van der Waals surface area (Å²) in [6.07, 6.45) is 1.33. The number of ketones is 1. The van der Waals surface area contributed by atoms with Gasteiger partial charge in [0, 0.05) is 28.8 Å². The molecule has 0 bridgehead atoms. The van der Waals surface area contributed by atoms with Crippen LogP contribution in [0.1, 0.15) is 47.5 Å². The predicted molar refractivity (Wildman–Crippen MR) is 137 cm³/mol. The quantitative estimate of drug-likeness (QED) is 0.318. The standard InChI is InChI=1S/C29H22ClNO4/c1-15-12-20-26-18-5-3-2-4-16(18)7-9-22(26)31-28(27(20)23(32)13-15)25-11-10-24(35-25)17-6-8-21(30)19(14-17)29(33)34/h2-11,14-15,28,31H,12-13H2,1H3,(H,33,34)/t15-,28+/m0/s1. The van der Waals surface area contributed by atoms with Crippen molar-refractivity contribution in [2.75, 3.05) is 5.32 Å². The molecule has 4 aromatic rings. The number of aromatic carboxylic acids is 1. The smallest absolute Gasteiger partial charge is 0.337 e. The first-order valence-electron chi connectivity index (χ1n) is 11.6. The number of carbonyl (C=O) groups excluding carboxylic acids is 1. The maximum Gasteiger partial charge on any atom is 0.337 e. The van der Waals surface area contributed by atoms with E-state index in [1.807, 2.05) is 18.2 Å². The van der Waals surface area contributed by atoms with Crippen LogP contribution in [0.2, 0.25) is 5.02 Å². The monoisotopic (exact) mass is 483 g/mol. The Hall–Kier alpha value is -3.83. The van der Waals surface area contributed by atoms with E-state index in [1.54, 1.807) is 18.2 Å². The van der Waals surface area contributed by atoms with Crippen molar-refractivity contribution in [2.24, 2.45) is 5.92 Å². The fourth-order valence-electron chi connectivity index (χ4n) is 5.36.